The van der Waals surface area contributed by atoms with Crippen LogP contribution in [0.4, 0.5) is 4.39 Å². The fraction of sp³-hybridized carbons (Fsp3) is 0.474. The third-order valence-corrected chi connectivity index (χ3v) is 5.06. The number of halogens is 1. The van der Waals surface area contributed by atoms with Gasteiger partial charge < -0.3 is 9.64 Å². The Hall–Kier alpha value is -2.01. The molecular weight excluding hydrogens is 305 g/mol. The first-order valence-corrected chi connectivity index (χ1v) is 8.76. The molecule has 126 valence electrons. The molecule has 0 N–H and O–H groups in total. The van der Waals surface area contributed by atoms with Gasteiger partial charge in [-0.2, -0.15) is 0 Å². The first kappa shape index (κ1) is 15.5. The van der Waals surface area contributed by atoms with Crippen LogP contribution >= 0.6 is 0 Å². The Morgan fingerprint density at radius 2 is 1.79 bits per heavy atom. The number of hydrogen-bond donors (Lipinski definition) is 0. The molecule has 24 heavy (non-hydrogen) atoms. The van der Waals surface area contributed by atoms with E-state index in [1.807, 2.05) is 24.3 Å². The Morgan fingerprint density at radius 1 is 1.00 bits per heavy atom. The molecule has 2 aliphatic heterocycles. The Morgan fingerprint density at radius 3 is 2.58 bits per heavy atom. The van der Waals surface area contributed by atoms with Crippen molar-refractivity contribution in [3.8, 4) is 17.1 Å². The molecular formula is C19H22FN3O. The second-order valence-electron chi connectivity index (χ2n) is 6.70. The minimum atomic E-state index is -0.423. The fourth-order valence-electron chi connectivity index (χ4n) is 3.80. The average Bonchev–Trinajstić information content (AvgIpc) is 2.63. The fourth-order valence-corrected chi connectivity index (χ4v) is 3.80. The molecule has 0 spiro atoms. The maximum Gasteiger partial charge on any atom is 0.159 e. The molecule has 1 aromatic carbocycles. The summed E-state index contributed by atoms with van der Waals surface area (Å²) in [4.78, 5) is 10.6. The predicted molar refractivity (Wildman–Crippen MR) is 90.3 cm³/mol. The summed E-state index contributed by atoms with van der Waals surface area (Å²) >= 11 is 0. The lowest BCUT2D eigenvalue weighted by Gasteiger charge is -2.42. The Balaban J connectivity index is 1.39. The number of piperidine rings is 2. The molecule has 2 unspecified atom stereocenters. The van der Waals surface area contributed by atoms with E-state index in [9.17, 15) is 4.39 Å². The molecule has 0 saturated carbocycles. The quantitative estimate of drug-likeness (QED) is 0.862. The zero-order valence-corrected chi connectivity index (χ0v) is 13.7. The molecule has 2 aliphatic rings. The highest BCUT2D eigenvalue weighted by Gasteiger charge is 2.31. The third kappa shape index (κ3) is 3.41. The first-order valence-electron chi connectivity index (χ1n) is 8.76. The summed E-state index contributed by atoms with van der Waals surface area (Å²) < 4.78 is 19.1. The highest BCUT2D eigenvalue weighted by molar-refractivity contribution is 5.55. The molecule has 0 radical (unpaired) electrons. The van der Waals surface area contributed by atoms with Crippen LogP contribution in [0.1, 0.15) is 32.1 Å². The topological polar surface area (TPSA) is 38.2 Å². The Bertz CT molecular complexity index is 674. The average molecular weight is 327 g/mol. The lowest BCUT2D eigenvalue weighted by Crippen LogP contribution is -2.48. The molecule has 2 saturated heterocycles. The number of benzene rings is 1. The van der Waals surface area contributed by atoms with Crippen LogP contribution in [0.3, 0.4) is 0 Å². The maximum absolute atomic E-state index is 12.9. The van der Waals surface area contributed by atoms with E-state index in [4.69, 9.17) is 4.74 Å². The van der Waals surface area contributed by atoms with Crippen molar-refractivity contribution in [3.05, 3.63) is 42.5 Å². The number of ether oxygens (including phenoxy) is 1. The molecule has 2 fully saturated rings. The predicted octanol–water partition coefficient (Wildman–Crippen LogP) is 3.68. The van der Waals surface area contributed by atoms with E-state index >= 15 is 0 Å². The van der Waals surface area contributed by atoms with Crippen molar-refractivity contribution in [1.29, 1.82) is 0 Å². The molecule has 2 aromatic rings. The van der Waals surface area contributed by atoms with Gasteiger partial charge in [-0.1, -0.05) is 6.42 Å². The molecule has 1 aromatic heterocycles. The van der Waals surface area contributed by atoms with Crippen molar-refractivity contribution in [2.75, 3.05) is 13.1 Å². The molecule has 4 rings (SSSR count). The van der Waals surface area contributed by atoms with Gasteiger partial charge in [-0.15, -0.1) is 0 Å². The number of aromatic nitrogens is 2. The minimum absolute atomic E-state index is 0.303. The van der Waals surface area contributed by atoms with Gasteiger partial charge in [-0.25, -0.2) is 14.4 Å². The number of fused-ring (bicyclic) bond motifs is 1. The summed E-state index contributed by atoms with van der Waals surface area (Å²) in [5.41, 5.74) is 0.865. The van der Waals surface area contributed by atoms with E-state index < -0.39 is 5.82 Å². The van der Waals surface area contributed by atoms with E-state index in [1.54, 1.807) is 0 Å². The van der Waals surface area contributed by atoms with Gasteiger partial charge in [0.1, 0.15) is 11.9 Å². The smallest absolute Gasteiger partial charge is 0.159 e. The summed E-state index contributed by atoms with van der Waals surface area (Å²) in [5.74, 6) is 0.987. The first-order chi connectivity index (χ1) is 11.8. The summed E-state index contributed by atoms with van der Waals surface area (Å²) in [5, 5.41) is 0. The lowest BCUT2D eigenvalue weighted by molar-refractivity contribution is 0.0356. The minimum Gasteiger partial charge on any atom is -0.490 e. The highest BCUT2D eigenvalue weighted by atomic mass is 19.1. The highest BCUT2D eigenvalue weighted by Crippen LogP contribution is 2.29. The lowest BCUT2D eigenvalue weighted by atomic mass is 9.91. The second-order valence-corrected chi connectivity index (χ2v) is 6.70. The van der Waals surface area contributed by atoms with E-state index in [1.165, 1.54) is 38.2 Å². The molecule has 0 aliphatic carbocycles. The van der Waals surface area contributed by atoms with Gasteiger partial charge >= 0.3 is 0 Å². The maximum atomic E-state index is 12.9. The van der Waals surface area contributed by atoms with Crippen LogP contribution in [0.25, 0.3) is 11.4 Å². The summed E-state index contributed by atoms with van der Waals surface area (Å²) in [6.45, 7) is 2.40. The van der Waals surface area contributed by atoms with Crippen molar-refractivity contribution < 1.29 is 9.13 Å². The zero-order valence-electron chi connectivity index (χ0n) is 13.7. The normalized spacial score (nSPS) is 24.4. The molecule has 4 nitrogen and oxygen atoms in total. The molecule has 3 heterocycles. The Labute approximate surface area is 141 Å². The molecule has 2 atom stereocenters. The summed E-state index contributed by atoms with van der Waals surface area (Å²) in [6, 6.07) is 8.46. The van der Waals surface area contributed by atoms with E-state index in [0.29, 0.717) is 18.0 Å². The van der Waals surface area contributed by atoms with Crippen molar-refractivity contribution in [3.63, 3.8) is 0 Å². The van der Waals surface area contributed by atoms with Gasteiger partial charge in [-0.05, 0) is 56.5 Å². The van der Waals surface area contributed by atoms with Gasteiger partial charge in [0.2, 0.25) is 0 Å². The van der Waals surface area contributed by atoms with Crippen molar-refractivity contribution >= 4 is 0 Å². The Kier molecular flexibility index (Phi) is 4.43. The van der Waals surface area contributed by atoms with Crippen LogP contribution in [0, 0.1) is 5.82 Å². The van der Waals surface area contributed by atoms with Crippen LogP contribution in [0.15, 0.2) is 36.7 Å². The number of rotatable bonds is 3. The number of hydrogen-bond acceptors (Lipinski definition) is 4. The molecule has 0 amide bonds. The summed E-state index contributed by atoms with van der Waals surface area (Å²) in [6.07, 6.45) is 8.89. The molecule has 0 bridgehead atoms. The zero-order chi connectivity index (χ0) is 16.4. The van der Waals surface area contributed by atoms with Crippen LogP contribution in [0.2, 0.25) is 0 Å². The van der Waals surface area contributed by atoms with Crippen LogP contribution in [0.5, 0.6) is 5.75 Å². The summed E-state index contributed by atoms with van der Waals surface area (Å²) in [7, 11) is 0. The van der Waals surface area contributed by atoms with Crippen molar-refractivity contribution in [1.82, 2.24) is 14.9 Å². The van der Waals surface area contributed by atoms with Gasteiger partial charge in [0, 0.05) is 18.2 Å². The monoisotopic (exact) mass is 327 g/mol. The number of nitrogens with zero attached hydrogens (tertiary/aromatic N) is 3. The van der Waals surface area contributed by atoms with E-state index in [0.717, 1.165) is 30.7 Å². The van der Waals surface area contributed by atoms with Gasteiger partial charge in [-0.3, -0.25) is 0 Å². The largest absolute Gasteiger partial charge is 0.490 e. The van der Waals surface area contributed by atoms with E-state index in [-0.39, 0.29) is 0 Å². The van der Waals surface area contributed by atoms with Crippen LogP contribution in [-0.2, 0) is 0 Å². The van der Waals surface area contributed by atoms with E-state index in [2.05, 4.69) is 14.9 Å². The van der Waals surface area contributed by atoms with Crippen molar-refractivity contribution in [2.45, 2.75) is 44.2 Å². The SMILES string of the molecule is Fc1cnc(-c2ccc(OC3CCN4CCCCC4C3)cc2)nc1. The second kappa shape index (κ2) is 6.85. The van der Waals surface area contributed by atoms with Gasteiger partial charge in [0.15, 0.2) is 11.6 Å². The van der Waals surface area contributed by atoms with Gasteiger partial charge in [0.05, 0.1) is 12.4 Å². The van der Waals surface area contributed by atoms with Crippen LogP contribution in [-0.4, -0.2) is 40.1 Å². The van der Waals surface area contributed by atoms with Gasteiger partial charge in [0.25, 0.3) is 0 Å². The standard InChI is InChI=1S/C19H22FN3O/c20-15-12-21-19(22-13-15)14-4-6-17(7-5-14)24-18-8-10-23-9-2-1-3-16(23)11-18/h4-7,12-13,16,18H,1-3,8-11H2. The van der Waals surface area contributed by atoms with Crippen LogP contribution < -0.4 is 4.74 Å². The van der Waals surface area contributed by atoms with Crippen molar-refractivity contribution in [2.24, 2.45) is 0 Å². The molecule has 5 heteroatoms. The third-order valence-electron chi connectivity index (χ3n) is 5.06.